The van der Waals surface area contributed by atoms with Gasteiger partial charge in [-0.15, -0.1) is 0 Å². The molecular weight excluding hydrogens is 328 g/mol. The molecule has 0 aliphatic carbocycles. The molecule has 4 heterocycles. The van der Waals surface area contributed by atoms with Gasteiger partial charge in [-0.1, -0.05) is 0 Å². The quantitative estimate of drug-likeness (QED) is 0.712. The molecule has 0 unspecified atom stereocenters. The number of hydrogen-bond donors (Lipinski definition) is 2. The van der Waals surface area contributed by atoms with Gasteiger partial charge in [-0.05, 0) is 25.0 Å². The van der Waals surface area contributed by atoms with Crippen molar-refractivity contribution in [3.8, 4) is 11.3 Å². The molecule has 0 spiro atoms. The van der Waals surface area contributed by atoms with E-state index in [0.717, 1.165) is 55.2 Å². The van der Waals surface area contributed by atoms with Crippen molar-refractivity contribution < 1.29 is 4.74 Å². The molecule has 2 N–H and O–H groups in total. The number of ether oxygens (including phenoxy) is 1. The smallest absolute Gasteiger partial charge is 0.137 e. The van der Waals surface area contributed by atoms with Crippen LogP contribution in [0.4, 0.5) is 0 Å². The zero-order chi connectivity index (χ0) is 17.8. The van der Waals surface area contributed by atoms with Crippen LogP contribution in [0, 0.1) is 5.92 Å². The molecule has 3 aromatic heterocycles. The van der Waals surface area contributed by atoms with Crippen molar-refractivity contribution in [3.63, 3.8) is 0 Å². The van der Waals surface area contributed by atoms with Crippen LogP contribution >= 0.6 is 0 Å². The highest BCUT2D eigenvalue weighted by Crippen LogP contribution is 2.32. The summed E-state index contributed by atoms with van der Waals surface area (Å²) in [6.45, 7) is 2.45. The Morgan fingerprint density at radius 3 is 3.12 bits per heavy atom. The van der Waals surface area contributed by atoms with Crippen molar-refractivity contribution in [1.29, 1.82) is 0 Å². The number of pyridine rings is 1. The van der Waals surface area contributed by atoms with Crippen molar-refractivity contribution >= 4 is 0 Å². The summed E-state index contributed by atoms with van der Waals surface area (Å²) in [4.78, 5) is 8.68. The second-order valence-electron chi connectivity index (χ2n) is 6.73. The van der Waals surface area contributed by atoms with Crippen LogP contribution in [0.1, 0.15) is 30.3 Å². The number of nitrogens with one attached hydrogen (secondary N) is 2. The average molecular weight is 352 g/mol. The monoisotopic (exact) mass is 352 g/mol. The molecule has 136 valence electrons. The maximum Gasteiger partial charge on any atom is 0.137 e. The van der Waals surface area contributed by atoms with Crippen LogP contribution < -0.4 is 5.32 Å². The summed E-state index contributed by atoms with van der Waals surface area (Å²) in [7, 11) is 2.02. The lowest BCUT2D eigenvalue weighted by Gasteiger charge is -2.31. The van der Waals surface area contributed by atoms with Gasteiger partial charge in [0.25, 0.3) is 0 Å². The zero-order valence-electron chi connectivity index (χ0n) is 14.9. The number of H-pyrrole nitrogens is 1. The molecule has 7 nitrogen and oxygen atoms in total. The Hall–Kier alpha value is -2.51. The third-order valence-corrected chi connectivity index (χ3v) is 4.95. The highest BCUT2D eigenvalue weighted by Gasteiger charge is 2.30. The number of nitrogens with zero attached hydrogens (tertiary/aromatic N) is 4. The van der Waals surface area contributed by atoms with Crippen molar-refractivity contribution in [2.24, 2.45) is 13.0 Å². The largest absolute Gasteiger partial charge is 0.370 e. The minimum atomic E-state index is 0.0541. The van der Waals surface area contributed by atoms with Crippen molar-refractivity contribution in [2.75, 3.05) is 13.2 Å². The maximum absolute atomic E-state index is 6.05. The van der Waals surface area contributed by atoms with Crippen LogP contribution in [0.2, 0.25) is 0 Å². The van der Waals surface area contributed by atoms with Crippen molar-refractivity contribution in [2.45, 2.75) is 25.5 Å². The minimum absolute atomic E-state index is 0.0541. The van der Waals surface area contributed by atoms with Gasteiger partial charge in [-0.3, -0.25) is 10.1 Å². The van der Waals surface area contributed by atoms with Gasteiger partial charge < -0.3 is 14.6 Å². The molecule has 7 heteroatoms. The van der Waals surface area contributed by atoms with Crippen LogP contribution in [0.25, 0.3) is 11.3 Å². The van der Waals surface area contributed by atoms with E-state index in [1.807, 2.05) is 44.0 Å². The van der Waals surface area contributed by atoms with E-state index in [9.17, 15) is 0 Å². The molecule has 0 radical (unpaired) electrons. The van der Waals surface area contributed by atoms with Gasteiger partial charge in [0.2, 0.25) is 0 Å². The first kappa shape index (κ1) is 16.9. The second-order valence-corrected chi connectivity index (χ2v) is 6.73. The van der Waals surface area contributed by atoms with Gasteiger partial charge in [-0.2, -0.15) is 5.10 Å². The van der Waals surface area contributed by atoms with E-state index in [1.165, 1.54) is 0 Å². The summed E-state index contributed by atoms with van der Waals surface area (Å²) in [5, 5.41) is 10.9. The lowest BCUT2D eigenvalue weighted by atomic mass is 9.93. The molecule has 4 rings (SSSR count). The molecule has 1 aliphatic rings. The van der Waals surface area contributed by atoms with Crippen LogP contribution in [0.3, 0.4) is 0 Å². The average Bonchev–Trinajstić information content (AvgIpc) is 3.32. The lowest BCUT2D eigenvalue weighted by molar-refractivity contribution is -0.0344. The molecule has 2 atom stereocenters. The molecule has 0 saturated carbocycles. The van der Waals surface area contributed by atoms with Crippen LogP contribution in [0.5, 0.6) is 0 Å². The number of hydrogen-bond acceptors (Lipinski definition) is 5. The molecule has 0 aromatic carbocycles. The summed E-state index contributed by atoms with van der Waals surface area (Å²) in [5.74, 6) is 1.43. The highest BCUT2D eigenvalue weighted by atomic mass is 16.5. The summed E-state index contributed by atoms with van der Waals surface area (Å²) < 4.78 is 8.10. The normalized spacial score (nSPS) is 20.3. The standard InChI is InChI=1S/C19H24N6O/c1-25-8-7-22-19(25)18-15(5-3-9-26-18)11-21-12-16-13-23-24-17(16)14-4-2-6-20-10-14/h2,4,6-8,10,13,15,18,21H,3,5,9,11-12H2,1H3,(H,23,24)/t15-,18+/m0/s1. The summed E-state index contributed by atoms with van der Waals surface area (Å²) in [6, 6.07) is 3.97. The van der Waals surface area contributed by atoms with Gasteiger partial charge in [0.1, 0.15) is 11.9 Å². The maximum atomic E-state index is 6.05. The third kappa shape index (κ3) is 3.54. The zero-order valence-corrected chi connectivity index (χ0v) is 14.9. The van der Waals surface area contributed by atoms with E-state index < -0.39 is 0 Å². The summed E-state index contributed by atoms with van der Waals surface area (Å²) in [6.07, 6.45) is 11.6. The number of rotatable bonds is 6. The first-order chi connectivity index (χ1) is 12.8. The van der Waals surface area contributed by atoms with E-state index in [2.05, 4.69) is 30.0 Å². The Morgan fingerprint density at radius 2 is 2.31 bits per heavy atom. The molecule has 1 fully saturated rings. The second kappa shape index (κ2) is 7.80. The fourth-order valence-corrected chi connectivity index (χ4v) is 3.59. The van der Waals surface area contributed by atoms with Gasteiger partial charge in [0.15, 0.2) is 0 Å². The molecular formula is C19H24N6O. The van der Waals surface area contributed by atoms with E-state index in [0.29, 0.717) is 5.92 Å². The summed E-state index contributed by atoms with van der Waals surface area (Å²) in [5.41, 5.74) is 3.21. The first-order valence-corrected chi connectivity index (χ1v) is 9.05. The SMILES string of the molecule is Cn1ccnc1[C@@H]1OCCC[C@H]1CNCc1cn[nH]c1-c1cccnc1. The highest BCUT2D eigenvalue weighted by molar-refractivity contribution is 5.61. The van der Waals surface area contributed by atoms with Gasteiger partial charge in [0.05, 0.1) is 11.9 Å². The fraction of sp³-hybridized carbons (Fsp3) is 0.421. The number of aromatic nitrogens is 5. The van der Waals surface area contributed by atoms with Crippen molar-refractivity contribution in [1.82, 2.24) is 30.0 Å². The summed E-state index contributed by atoms with van der Waals surface area (Å²) >= 11 is 0. The number of aryl methyl sites for hydroxylation is 1. The van der Waals surface area contributed by atoms with Gasteiger partial charge >= 0.3 is 0 Å². The fourth-order valence-electron chi connectivity index (χ4n) is 3.59. The molecule has 3 aromatic rings. The lowest BCUT2D eigenvalue weighted by Crippen LogP contribution is -2.33. The van der Waals surface area contributed by atoms with Crippen molar-refractivity contribution in [3.05, 3.63) is 54.5 Å². The molecule has 1 saturated heterocycles. The molecule has 1 aliphatic heterocycles. The minimum Gasteiger partial charge on any atom is -0.370 e. The third-order valence-electron chi connectivity index (χ3n) is 4.95. The molecule has 0 bridgehead atoms. The van der Waals surface area contributed by atoms with Crippen LogP contribution in [-0.4, -0.2) is 37.9 Å². The van der Waals surface area contributed by atoms with E-state index in [1.54, 1.807) is 6.20 Å². The topological polar surface area (TPSA) is 80.6 Å². The Balaban J connectivity index is 1.40. The Morgan fingerprint density at radius 1 is 1.35 bits per heavy atom. The van der Waals surface area contributed by atoms with Crippen LogP contribution in [-0.2, 0) is 18.3 Å². The number of aromatic amines is 1. The predicted molar refractivity (Wildman–Crippen MR) is 98.2 cm³/mol. The van der Waals surface area contributed by atoms with Crippen LogP contribution in [0.15, 0.2) is 43.1 Å². The van der Waals surface area contributed by atoms with E-state index in [4.69, 9.17) is 4.74 Å². The molecule has 0 amide bonds. The Bertz CT molecular complexity index is 827. The Kier molecular flexibility index (Phi) is 5.08. The molecule has 26 heavy (non-hydrogen) atoms. The van der Waals surface area contributed by atoms with Gasteiger partial charge in [-0.25, -0.2) is 4.98 Å². The Labute approximate surface area is 152 Å². The van der Waals surface area contributed by atoms with E-state index >= 15 is 0 Å². The predicted octanol–water partition coefficient (Wildman–Crippen LogP) is 2.46. The first-order valence-electron chi connectivity index (χ1n) is 9.05. The number of imidazole rings is 1. The van der Waals surface area contributed by atoms with E-state index in [-0.39, 0.29) is 6.10 Å². The van der Waals surface area contributed by atoms with Gasteiger partial charge in [0, 0.05) is 68.6 Å².